The Morgan fingerprint density at radius 2 is 1.93 bits per heavy atom. The van der Waals surface area contributed by atoms with Crippen LogP contribution in [0, 0.1) is 5.82 Å². The molecule has 1 rings (SSSR count). The Hall–Kier alpha value is -1.42. The Kier molecular flexibility index (Phi) is 11.5. The van der Waals surface area contributed by atoms with Crippen molar-refractivity contribution < 1.29 is 9.18 Å². The fourth-order valence-corrected chi connectivity index (χ4v) is 2.46. The first-order valence-corrected chi connectivity index (χ1v) is 8.87. The highest BCUT2D eigenvalue weighted by atomic mass is 127. The van der Waals surface area contributed by atoms with Crippen molar-refractivity contribution in [2.24, 2.45) is 4.99 Å². The fourth-order valence-electron chi connectivity index (χ4n) is 2.46. The van der Waals surface area contributed by atoms with E-state index in [0.717, 1.165) is 5.56 Å². The summed E-state index contributed by atoms with van der Waals surface area (Å²) in [7, 11) is 3.89. The maximum atomic E-state index is 13.5. The van der Waals surface area contributed by atoms with Gasteiger partial charge in [-0.1, -0.05) is 12.1 Å². The number of hydrogen-bond donors (Lipinski definition) is 3. The van der Waals surface area contributed by atoms with Crippen LogP contribution in [-0.2, 0) is 4.79 Å². The van der Waals surface area contributed by atoms with Crippen LogP contribution in [0.5, 0.6) is 0 Å². The van der Waals surface area contributed by atoms with Gasteiger partial charge in [-0.3, -0.25) is 4.79 Å². The number of rotatable bonds is 7. The van der Waals surface area contributed by atoms with Gasteiger partial charge in [0, 0.05) is 18.6 Å². The standard InChI is InChI=1S/C19H32FN5O.HI/c1-7-21-18(23-13-17(26)24-19(2,3)4)22-12-16(25(5)6)14-9-8-10-15(20)11-14;/h8-11,16H,7,12-13H2,1-6H3,(H,24,26)(H2,21,22,23);1H. The molecule has 0 fully saturated rings. The predicted octanol–water partition coefficient (Wildman–Crippen LogP) is 2.52. The summed E-state index contributed by atoms with van der Waals surface area (Å²) in [4.78, 5) is 18.3. The number of benzene rings is 1. The van der Waals surface area contributed by atoms with Gasteiger partial charge in [0.1, 0.15) is 12.4 Å². The van der Waals surface area contributed by atoms with E-state index in [1.54, 1.807) is 6.07 Å². The Bertz CT molecular complexity index is 616. The van der Waals surface area contributed by atoms with Crippen LogP contribution >= 0.6 is 24.0 Å². The number of guanidine groups is 1. The van der Waals surface area contributed by atoms with Crippen molar-refractivity contribution in [3.8, 4) is 0 Å². The largest absolute Gasteiger partial charge is 0.357 e. The zero-order chi connectivity index (χ0) is 19.7. The third-order valence-electron chi connectivity index (χ3n) is 3.56. The summed E-state index contributed by atoms with van der Waals surface area (Å²) in [6, 6.07) is 6.54. The molecule has 1 atom stereocenters. The molecule has 8 heteroatoms. The first kappa shape index (κ1) is 25.6. The first-order valence-electron chi connectivity index (χ1n) is 8.87. The molecular weight excluding hydrogens is 460 g/mol. The molecule has 1 aromatic carbocycles. The van der Waals surface area contributed by atoms with Crippen molar-refractivity contribution in [1.82, 2.24) is 20.9 Å². The molecule has 3 N–H and O–H groups in total. The van der Waals surface area contributed by atoms with Crippen LogP contribution < -0.4 is 16.0 Å². The van der Waals surface area contributed by atoms with E-state index in [0.29, 0.717) is 19.0 Å². The van der Waals surface area contributed by atoms with Crippen molar-refractivity contribution in [3.63, 3.8) is 0 Å². The highest BCUT2D eigenvalue weighted by molar-refractivity contribution is 14.0. The topological polar surface area (TPSA) is 68.8 Å². The predicted molar refractivity (Wildman–Crippen MR) is 120 cm³/mol. The maximum Gasteiger partial charge on any atom is 0.242 e. The average molecular weight is 493 g/mol. The van der Waals surface area contributed by atoms with Crippen molar-refractivity contribution >= 4 is 35.8 Å². The lowest BCUT2D eigenvalue weighted by Gasteiger charge is -2.26. The zero-order valence-electron chi connectivity index (χ0n) is 17.1. The molecule has 0 aromatic heterocycles. The second kappa shape index (κ2) is 12.1. The molecule has 0 aliphatic carbocycles. The van der Waals surface area contributed by atoms with E-state index in [2.05, 4.69) is 20.9 Å². The minimum atomic E-state index is -0.286. The van der Waals surface area contributed by atoms with Crippen molar-refractivity contribution in [1.29, 1.82) is 0 Å². The summed E-state index contributed by atoms with van der Waals surface area (Å²) in [6.45, 7) is 9.00. The number of likely N-dealkylation sites (N-methyl/N-ethyl adjacent to an activating group) is 1. The second-order valence-corrected chi connectivity index (χ2v) is 7.41. The Morgan fingerprint density at radius 1 is 1.26 bits per heavy atom. The molecular formula is C19H33FIN5O. The van der Waals surface area contributed by atoms with Crippen LogP contribution in [0.15, 0.2) is 29.3 Å². The number of carbonyl (C=O) groups excluding carboxylic acids is 1. The lowest BCUT2D eigenvalue weighted by atomic mass is 10.1. The fraction of sp³-hybridized carbons (Fsp3) is 0.579. The van der Waals surface area contributed by atoms with Gasteiger partial charge in [0.25, 0.3) is 0 Å². The van der Waals surface area contributed by atoms with Gasteiger partial charge in [-0.15, -0.1) is 24.0 Å². The number of aliphatic imine (C=N–C) groups is 1. The summed E-state index contributed by atoms with van der Waals surface area (Å²) < 4.78 is 13.5. The van der Waals surface area contributed by atoms with E-state index in [1.165, 1.54) is 12.1 Å². The number of carbonyl (C=O) groups is 1. The molecule has 0 bridgehead atoms. The zero-order valence-corrected chi connectivity index (χ0v) is 19.4. The van der Waals surface area contributed by atoms with Crippen molar-refractivity contribution in [2.45, 2.75) is 39.3 Å². The maximum absolute atomic E-state index is 13.5. The van der Waals surface area contributed by atoms with Gasteiger partial charge in [-0.25, -0.2) is 9.38 Å². The molecule has 154 valence electrons. The molecule has 1 aromatic rings. The monoisotopic (exact) mass is 493 g/mol. The highest BCUT2D eigenvalue weighted by Crippen LogP contribution is 2.18. The van der Waals surface area contributed by atoms with E-state index >= 15 is 0 Å². The molecule has 0 saturated carbocycles. The highest BCUT2D eigenvalue weighted by Gasteiger charge is 2.16. The number of amides is 1. The minimum absolute atomic E-state index is 0. The van der Waals surface area contributed by atoms with Crippen LogP contribution in [0.3, 0.4) is 0 Å². The minimum Gasteiger partial charge on any atom is -0.357 e. The summed E-state index contributed by atoms with van der Waals surface area (Å²) in [5.41, 5.74) is 0.593. The Labute approximate surface area is 179 Å². The lowest BCUT2D eigenvalue weighted by Crippen LogP contribution is -2.44. The van der Waals surface area contributed by atoms with E-state index in [1.807, 2.05) is 52.8 Å². The molecule has 0 heterocycles. The normalized spacial score (nSPS) is 13.0. The van der Waals surface area contributed by atoms with E-state index in [-0.39, 0.29) is 53.8 Å². The average Bonchev–Trinajstić information content (AvgIpc) is 2.50. The molecule has 1 amide bonds. The smallest absolute Gasteiger partial charge is 0.242 e. The summed E-state index contributed by atoms with van der Waals surface area (Å²) >= 11 is 0. The van der Waals surface area contributed by atoms with Crippen molar-refractivity contribution in [3.05, 3.63) is 35.6 Å². The van der Waals surface area contributed by atoms with E-state index in [9.17, 15) is 9.18 Å². The van der Waals surface area contributed by atoms with E-state index < -0.39 is 0 Å². The quantitative estimate of drug-likeness (QED) is 0.310. The molecule has 1 unspecified atom stereocenters. The summed E-state index contributed by atoms with van der Waals surface area (Å²) in [6.07, 6.45) is 0. The molecule has 0 aliphatic rings. The molecule has 27 heavy (non-hydrogen) atoms. The molecule has 0 aliphatic heterocycles. The van der Waals surface area contributed by atoms with Crippen LogP contribution in [-0.4, -0.2) is 56.0 Å². The summed E-state index contributed by atoms with van der Waals surface area (Å²) in [5.74, 6) is 0.164. The molecule has 0 radical (unpaired) electrons. The summed E-state index contributed by atoms with van der Waals surface area (Å²) in [5, 5.41) is 9.24. The van der Waals surface area contributed by atoms with Crippen LogP contribution in [0.1, 0.15) is 39.3 Å². The van der Waals surface area contributed by atoms with Crippen LogP contribution in [0.2, 0.25) is 0 Å². The van der Waals surface area contributed by atoms with Crippen LogP contribution in [0.4, 0.5) is 4.39 Å². The van der Waals surface area contributed by atoms with Gasteiger partial charge >= 0.3 is 0 Å². The number of halogens is 2. The Morgan fingerprint density at radius 3 is 2.44 bits per heavy atom. The van der Waals surface area contributed by atoms with Gasteiger partial charge in [-0.2, -0.15) is 0 Å². The van der Waals surface area contributed by atoms with Gasteiger partial charge in [0.15, 0.2) is 5.96 Å². The second-order valence-electron chi connectivity index (χ2n) is 7.41. The first-order chi connectivity index (χ1) is 12.1. The molecule has 0 saturated heterocycles. The van der Waals surface area contributed by atoms with E-state index in [4.69, 9.17) is 0 Å². The SMILES string of the molecule is CCNC(=NCC(=O)NC(C)(C)C)NCC(c1cccc(F)c1)N(C)C.I. The number of nitrogens with one attached hydrogen (secondary N) is 3. The number of hydrogen-bond acceptors (Lipinski definition) is 3. The van der Waals surface area contributed by atoms with Gasteiger partial charge in [0.2, 0.25) is 5.91 Å². The van der Waals surface area contributed by atoms with Gasteiger partial charge in [-0.05, 0) is 59.5 Å². The third-order valence-corrected chi connectivity index (χ3v) is 3.56. The lowest BCUT2D eigenvalue weighted by molar-refractivity contribution is -0.121. The number of nitrogens with zero attached hydrogens (tertiary/aromatic N) is 2. The molecule has 6 nitrogen and oxygen atoms in total. The van der Waals surface area contributed by atoms with Gasteiger partial charge < -0.3 is 20.9 Å². The van der Waals surface area contributed by atoms with Crippen LogP contribution in [0.25, 0.3) is 0 Å². The molecule has 0 spiro atoms. The van der Waals surface area contributed by atoms with Gasteiger partial charge in [0.05, 0.1) is 6.04 Å². The Balaban J connectivity index is 0.00000676. The van der Waals surface area contributed by atoms with Crippen molar-refractivity contribution in [2.75, 3.05) is 33.7 Å². The third kappa shape index (κ3) is 10.5.